The topological polar surface area (TPSA) is 20.2 Å². The van der Waals surface area contributed by atoms with E-state index in [4.69, 9.17) is 0 Å². The molecule has 0 bridgehead atoms. The fraction of sp³-hybridized carbons (Fsp3) is 0.667. The van der Waals surface area contributed by atoms with Crippen LogP contribution in [0.2, 0.25) is 0 Å². The number of aliphatic hydroxyl groups is 1. The van der Waals surface area contributed by atoms with Gasteiger partial charge in [-0.05, 0) is 37.2 Å². The van der Waals surface area contributed by atoms with E-state index in [1.54, 1.807) is 0 Å². The lowest BCUT2D eigenvalue weighted by atomic mass is 9.65. The van der Waals surface area contributed by atoms with Gasteiger partial charge < -0.3 is 5.11 Å². The molecule has 0 amide bonds. The summed E-state index contributed by atoms with van der Waals surface area (Å²) in [5, 5.41) is 11.0. The van der Waals surface area contributed by atoms with E-state index >= 15 is 0 Å². The summed E-state index contributed by atoms with van der Waals surface area (Å²) in [5.41, 5.74) is 1.27. The highest BCUT2D eigenvalue weighted by molar-refractivity contribution is 5.27. The lowest BCUT2D eigenvalue weighted by molar-refractivity contribution is 0.00756. The highest BCUT2D eigenvalue weighted by Crippen LogP contribution is 2.42. The first-order chi connectivity index (χ1) is 9.24. The average molecular weight is 260 g/mol. The third-order valence-corrected chi connectivity index (χ3v) is 5.27. The fourth-order valence-corrected chi connectivity index (χ4v) is 3.92. The first-order valence-electron chi connectivity index (χ1n) is 7.98. The Bertz CT molecular complexity index is 361. The Morgan fingerprint density at radius 2 is 1.63 bits per heavy atom. The van der Waals surface area contributed by atoms with Crippen LogP contribution in [0.15, 0.2) is 30.3 Å². The average Bonchev–Trinajstić information content (AvgIpc) is 2.51. The summed E-state index contributed by atoms with van der Waals surface area (Å²) in [5.74, 6) is 0.494. The third-order valence-electron chi connectivity index (χ3n) is 5.27. The largest absolute Gasteiger partial charge is 0.392 e. The van der Waals surface area contributed by atoms with Crippen molar-refractivity contribution in [2.75, 3.05) is 0 Å². The maximum Gasteiger partial charge on any atom is 0.0664 e. The van der Waals surface area contributed by atoms with Crippen molar-refractivity contribution in [3.63, 3.8) is 0 Å². The third kappa shape index (κ3) is 2.86. The Morgan fingerprint density at radius 1 is 1.05 bits per heavy atom. The van der Waals surface area contributed by atoms with Crippen LogP contribution in [-0.4, -0.2) is 11.2 Å². The smallest absolute Gasteiger partial charge is 0.0664 e. The summed E-state index contributed by atoms with van der Waals surface area (Å²) in [7, 11) is 0. The van der Waals surface area contributed by atoms with Gasteiger partial charge in [0, 0.05) is 5.41 Å². The lowest BCUT2D eigenvalue weighted by Crippen LogP contribution is -2.44. The summed E-state index contributed by atoms with van der Waals surface area (Å²) in [6.45, 7) is 4.45. The maximum atomic E-state index is 11.0. The molecule has 1 atom stereocenters. The van der Waals surface area contributed by atoms with E-state index in [2.05, 4.69) is 44.2 Å². The summed E-state index contributed by atoms with van der Waals surface area (Å²) in [6, 6.07) is 10.6. The van der Waals surface area contributed by atoms with Gasteiger partial charge in [-0.15, -0.1) is 0 Å². The maximum absolute atomic E-state index is 11.0. The molecule has 1 aliphatic rings. The van der Waals surface area contributed by atoms with Gasteiger partial charge in [0.05, 0.1) is 6.10 Å². The van der Waals surface area contributed by atoms with Gasteiger partial charge in [0.1, 0.15) is 0 Å². The minimum absolute atomic E-state index is 0.0523. The molecule has 0 spiro atoms. The summed E-state index contributed by atoms with van der Waals surface area (Å²) in [6.07, 6.45) is 8.19. The van der Waals surface area contributed by atoms with Crippen LogP contribution in [0.5, 0.6) is 0 Å². The molecule has 1 aromatic carbocycles. The van der Waals surface area contributed by atoms with Crippen molar-refractivity contribution in [3.05, 3.63) is 35.9 Å². The molecule has 1 N–H and O–H groups in total. The molecule has 2 rings (SSSR count). The predicted molar refractivity (Wildman–Crippen MR) is 81.3 cm³/mol. The van der Waals surface area contributed by atoms with Gasteiger partial charge in [-0.25, -0.2) is 0 Å². The van der Waals surface area contributed by atoms with E-state index in [-0.39, 0.29) is 11.5 Å². The molecule has 1 aromatic rings. The summed E-state index contributed by atoms with van der Waals surface area (Å²) in [4.78, 5) is 0. The van der Waals surface area contributed by atoms with E-state index in [0.29, 0.717) is 5.92 Å². The zero-order chi connectivity index (χ0) is 13.7. The molecule has 0 aromatic heterocycles. The van der Waals surface area contributed by atoms with Gasteiger partial charge in [-0.3, -0.25) is 0 Å². The van der Waals surface area contributed by atoms with Crippen molar-refractivity contribution < 1.29 is 5.11 Å². The highest BCUT2D eigenvalue weighted by Gasteiger charge is 2.40. The summed E-state index contributed by atoms with van der Waals surface area (Å²) >= 11 is 0. The van der Waals surface area contributed by atoms with E-state index in [1.807, 2.05) is 0 Å². The Labute approximate surface area is 118 Å². The van der Waals surface area contributed by atoms with Crippen LogP contribution < -0.4 is 0 Å². The predicted octanol–water partition coefficient (Wildman–Crippen LogP) is 4.69. The van der Waals surface area contributed by atoms with E-state index in [0.717, 1.165) is 12.8 Å². The Hall–Kier alpha value is -0.820. The molecule has 19 heavy (non-hydrogen) atoms. The van der Waals surface area contributed by atoms with Crippen molar-refractivity contribution in [2.24, 2.45) is 5.92 Å². The SMILES string of the molecule is CCC(CC)(c1ccccc1)C(O)C1CCCCC1. The molecular weight excluding hydrogens is 232 g/mol. The first kappa shape index (κ1) is 14.6. The van der Waals surface area contributed by atoms with Crippen LogP contribution >= 0.6 is 0 Å². The minimum Gasteiger partial charge on any atom is -0.392 e. The minimum atomic E-state index is -0.190. The second-order valence-corrected chi connectivity index (χ2v) is 6.07. The number of hydrogen-bond acceptors (Lipinski definition) is 1. The van der Waals surface area contributed by atoms with Crippen molar-refractivity contribution in [2.45, 2.75) is 70.3 Å². The van der Waals surface area contributed by atoms with Gasteiger partial charge in [0.2, 0.25) is 0 Å². The quantitative estimate of drug-likeness (QED) is 0.814. The molecule has 0 radical (unpaired) electrons. The number of benzene rings is 1. The van der Waals surface area contributed by atoms with Crippen LogP contribution in [0, 0.1) is 5.92 Å². The van der Waals surface area contributed by atoms with E-state index in [9.17, 15) is 5.11 Å². The van der Waals surface area contributed by atoms with Gasteiger partial charge in [0.25, 0.3) is 0 Å². The van der Waals surface area contributed by atoms with Gasteiger partial charge in [0.15, 0.2) is 0 Å². The Morgan fingerprint density at radius 3 is 2.16 bits per heavy atom. The molecule has 1 nitrogen and oxygen atoms in total. The van der Waals surface area contributed by atoms with Crippen LogP contribution in [0.25, 0.3) is 0 Å². The molecule has 1 fully saturated rings. The van der Waals surface area contributed by atoms with Crippen LogP contribution in [0.1, 0.15) is 64.4 Å². The standard InChI is InChI=1S/C18H28O/c1-3-18(4-2,16-13-9-6-10-14-16)17(19)15-11-7-5-8-12-15/h6,9-10,13-15,17,19H,3-5,7-8,11-12H2,1-2H3. The zero-order valence-corrected chi connectivity index (χ0v) is 12.4. The number of aliphatic hydroxyl groups excluding tert-OH is 1. The number of rotatable bonds is 5. The van der Waals surface area contributed by atoms with E-state index < -0.39 is 0 Å². The van der Waals surface area contributed by atoms with Crippen LogP contribution in [0.3, 0.4) is 0 Å². The second kappa shape index (κ2) is 6.56. The zero-order valence-electron chi connectivity index (χ0n) is 12.4. The number of hydrogen-bond donors (Lipinski definition) is 1. The Balaban J connectivity index is 2.27. The fourth-order valence-electron chi connectivity index (χ4n) is 3.92. The van der Waals surface area contributed by atoms with Gasteiger partial charge in [-0.2, -0.15) is 0 Å². The first-order valence-corrected chi connectivity index (χ1v) is 7.98. The van der Waals surface area contributed by atoms with Crippen molar-refractivity contribution >= 4 is 0 Å². The molecular formula is C18H28O. The lowest BCUT2D eigenvalue weighted by Gasteiger charge is -2.42. The monoisotopic (exact) mass is 260 g/mol. The van der Waals surface area contributed by atoms with Crippen molar-refractivity contribution in [1.82, 2.24) is 0 Å². The normalized spacial score (nSPS) is 19.3. The molecule has 1 heteroatoms. The van der Waals surface area contributed by atoms with Gasteiger partial charge in [-0.1, -0.05) is 63.4 Å². The van der Waals surface area contributed by atoms with Crippen molar-refractivity contribution in [1.29, 1.82) is 0 Å². The highest BCUT2D eigenvalue weighted by atomic mass is 16.3. The molecule has 1 saturated carbocycles. The molecule has 1 unspecified atom stereocenters. The molecule has 0 saturated heterocycles. The summed E-state index contributed by atoms with van der Waals surface area (Å²) < 4.78 is 0. The molecule has 0 heterocycles. The van der Waals surface area contributed by atoms with E-state index in [1.165, 1.54) is 37.7 Å². The molecule has 106 valence electrons. The van der Waals surface area contributed by atoms with Crippen LogP contribution in [0.4, 0.5) is 0 Å². The van der Waals surface area contributed by atoms with Crippen molar-refractivity contribution in [3.8, 4) is 0 Å². The van der Waals surface area contributed by atoms with Gasteiger partial charge >= 0.3 is 0 Å². The molecule has 0 aliphatic heterocycles. The Kier molecular flexibility index (Phi) is 5.04. The van der Waals surface area contributed by atoms with Crippen LogP contribution in [-0.2, 0) is 5.41 Å². The molecule has 1 aliphatic carbocycles. The second-order valence-electron chi connectivity index (χ2n) is 6.07.